The summed E-state index contributed by atoms with van der Waals surface area (Å²) in [5.41, 5.74) is 0.462. The maximum Gasteiger partial charge on any atom is 0.393 e. The summed E-state index contributed by atoms with van der Waals surface area (Å²) < 4.78 is 48.3. The SMILES string of the molecule is Cc1cc(F)cc(CC(F)(F)F)c1. The second-order valence-corrected chi connectivity index (χ2v) is 2.93. The van der Waals surface area contributed by atoms with Crippen molar-refractivity contribution in [2.24, 2.45) is 0 Å². The molecule has 0 fully saturated rings. The summed E-state index contributed by atoms with van der Waals surface area (Å²) in [7, 11) is 0. The van der Waals surface area contributed by atoms with Gasteiger partial charge in [0, 0.05) is 0 Å². The van der Waals surface area contributed by atoms with Crippen LogP contribution in [0.4, 0.5) is 17.6 Å². The van der Waals surface area contributed by atoms with E-state index in [0.29, 0.717) is 5.56 Å². The van der Waals surface area contributed by atoms with E-state index in [1.54, 1.807) is 6.92 Å². The molecule has 0 saturated heterocycles. The van der Waals surface area contributed by atoms with Crippen molar-refractivity contribution in [1.82, 2.24) is 0 Å². The van der Waals surface area contributed by atoms with Crippen LogP contribution in [0.25, 0.3) is 0 Å². The fraction of sp³-hybridized carbons (Fsp3) is 0.333. The minimum absolute atomic E-state index is 0.0370. The first-order valence-corrected chi connectivity index (χ1v) is 3.70. The number of aryl methyl sites for hydroxylation is 1. The van der Waals surface area contributed by atoms with Crippen molar-refractivity contribution in [1.29, 1.82) is 0 Å². The number of hydrogen-bond donors (Lipinski definition) is 0. The molecule has 0 heterocycles. The highest BCUT2D eigenvalue weighted by molar-refractivity contribution is 5.24. The number of halogens is 4. The summed E-state index contributed by atoms with van der Waals surface area (Å²) in [6, 6.07) is 3.43. The maximum atomic E-state index is 12.6. The third-order valence-electron chi connectivity index (χ3n) is 1.51. The van der Waals surface area contributed by atoms with Gasteiger partial charge < -0.3 is 0 Å². The van der Waals surface area contributed by atoms with Crippen molar-refractivity contribution in [3.8, 4) is 0 Å². The Labute approximate surface area is 73.2 Å². The van der Waals surface area contributed by atoms with Crippen LogP contribution >= 0.6 is 0 Å². The first kappa shape index (κ1) is 10.0. The molecule has 72 valence electrons. The van der Waals surface area contributed by atoms with Gasteiger partial charge in [0.05, 0.1) is 6.42 Å². The van der Waals surface area contributed by atoms with E-state index in [2.05, 4.69) is 0 Å². The summed E-state index contributed by atoms with van der Waals surface area (Å²) in [6.07, 6.45) is -5.36. The minimum atomic E-state index is -4.28. The molecule has 0 unspecified atom stereocenters. The molecule has 0 aromatic heterocycles. The molecule has 0 amide bonds. The average molecular weight is 192 g/mol. The molecule has 0 N–H and O–H groups in total. The normalized spacial score (nSPS) is 11.8. The van der Waals surface area contributed by atoms with Crippen LogP contribution in [0.3, 0.4) is 0 Å². The topological polar surface area (TPSA) is 0 Å². The van der Waals surface area contributed by atoms with Crippen LogP contribution in [-0.2, 0) is 6.42 Å². The predicted molar refractivity (Wildman–Crippen MR) is 40.9 cm³/mol. The van der Waals surface area contributed by atoms with Gasteiger partial charge in [-0.2, -0.15) is 13.2 Å². The van der Waals surface area contributed by atoms with E-state index in [-0.39, 0.29) is 5.56 Å². The summed E-state index contributed by atoms with van der Waals surface area (Å²) in [5, 5.41) is 0. The average Bonchev–Trinajstić information content (AvgIpc) is 1.78. The highest BCUT2D eigenvalue weighted by Gasteiger charge is 2.27. The van der Waals surface area contributed by atoms with Gasteiger partial charge in [-0.3, -0.25) is 0 Å². The van der Waals surface area contributed by atoms with Crippen LogP contribution in [0.2, 0.25) is 0 Å². The highest BCUT2D eigenvalue weighted by atomic mass is 19.4. The van der Waals surface area contributed by atoms with Crippen molar-refractivity contribution in [2.45, 2.75) is 19.5 Å². The lowest BCUT2D eigenvalue weighted by Crippen LogP contribution is -2.11. The molecule has 1 aromatic carbocycles. The molecule has 0 aliphatic rings. The number of benzene rings is 1. The van der Waals surface area contributed by atoms with Gasteiger partial charge in [-0.15, -0.1) is 0 Å². The van der Waals surface area contributed by atoms with Gasteiger partial charge in [0.2, 0.25) is 0 Å². The molecular formula is C9H8F4. The van der Waals surface area contributed by atoms with Crippen molar-refractivity contribution in [2.75, 3.05) is 0 Å². The van der Waals surface area contributed by atoms with E-state index < -0.39 is 18.4 Å². The van der Waals surface area contributed by atoms with Crippen molar-refractivity contribution >= 4 is 0 Å². The van der Waals surface area contributed by atoms with Crippen LogP contribution in [0.1, 0.15) is 11.1 Å². The van der Waals surface area contributed by atoms with E-state index >= 15 is 0 Å². The van der Waals surface area contributed by atoms with Gasteiger partial charge in [-0.05, 0) is 30.2 Å². The molecule has 0 atom stereocenters. The predicted octanol–water partition coefficient (Wildman–Crippen LogP) is 3.24. The molecule has 0 saturated carbocycles. The van der Waals surface area contributed by atoms with Gasteiger partial charge in [0.15, 0.2) is 0 Å². The first-order valence-electron chi connectivity index (χ1n) is 3.70. The molecule has 0 spiro atoms. The highest BCUT2D eigenvalue weighted by Crippen LogP contribution is 2.22. The van der Waals surface area contributed by atoms with Gasteiger partial charge in [0.1, 0.15) is 5.82 Å². The van der Waals surface area contributed by atoms with E-state index in [1.165, 1.54) is 12.1 Å². The molecule has 4 heteroatoms. The standard InChI is InChI=1S/C9H8F4/c1-6-2-7(4-8(10)3-6)5-9(11,12)13/h2-4H,5H2,1H3. The minimum Gasteiger partial charge on any atom is -0.207 e. The molecule has 13 heavy (non-hydrogen) atoms. The number of rotatable bonds is 1. The number of hydrogen-bond acceptors (Lipinski definition) is 0. The van der Waals surface area contributed by atoms with Gasteiger partial charge >= 0.3 is 6.18 Å². The second kappa shape index (κ2) is 3.36. The van der Waals surface area contributed by atoms with E-state index in [4.69, 9.17) is 0 Å². The lowest BCUT2D eigenvalue weighted by Gasteiger charge is -2.06. The Morgan fingerprint density at radius 2 is 1.77 bits per heavy atom. The summed E-state index contributed by atoms with van der Waals surface area (Å²) in [5.74, 6) is -0.626. The molecule has 0 aliphatic carbocycles. The molecule has 0 aliphatic heterocycles. The Morgan fingerprint density at radius 1 is 1.15 bits per heavy atom. The zero-order valence-corrected chi connectivity index (χ0v) is 6.95. The Morgan fingerprint density at radius 3 is 2.23 bits per heavy atom. The van der Waals surface area contributed by atoms with Crippen LogP contribution in [0, 0.1) is 12.7 Å². The second-order valence-electron chi connectivity index (χ2n) is 2.93. The molecule has 1 rings (SSSR count). The molecule has 1 aromatic rings. The monoisotopic (exact) mass is 192 g/mol. The Kier molecular flexibility index (Phi) is 2.59. The Balaban J connectivity index is 2.90. The van der Waals surface area contributed by atoms with Crippen molar-refractivity contribution < 1.29 is 17.6 Å². The van der Waals surface area contributed by atoms with E-state index in [0.717, 1.165) is 6.07 Å². The fourth-order valence-electron chi connectivity index (χ4n) is 1.15. The zero-order chi connectivity index (χ0) is 10.1. The fourth-order valence-corrected chi connectivity index (χ4v) is 1.15. The summed E-state index contributed by atoms with van der Waals surface area (Å²) in [6.45, 7) is 1.56. The van der Waals surface area contributed by atoms with E-state index in [1.807, 2.05) is 0 Å². The van der Waals surface area contributed by atoms with E-state index in [9.17, 15) is 17.6 Å². The zero-order valence-electron chi connectivity index (χ0n) is 6.95. The van der Waals surface area contributed by atoms with Gasteiger partial charge in [0.25, 0.3) is 0 Å². The van der Waals surface area contributed by atoms with Crippen LogP contribution in [0.15, 0.2) is 18.2 Å². The number of alkyl halides is 3. The molecular weight excluding hydrogens is 184 g/mol. The van der Waals surface area contributed by atoms with Crippen molar-refractivity contribution in [3.05, 3.63) is 35.1 Å². The van der Waals surface area contributed by atoms with Crippen LogP contribution < -0.4 is 0 Å². The Hall–Kier alpha value is -1.06. The molecule has 0 radical (unpaired) electrons. The quantitative estimate of drug-likeness (QED) is 0.599. The van der Waals surface area contributed by atoms with Gasteiger partial charge in [-0.25, -0.2) is 4.39 Å². The maximum absolute atomic E-state index is 12.6. The third kappa shape index (κ3) is 3.44. The van der Waals surface area contributed by atoms with Crippen molar-refractivity contribution in [3.63, 3.8) is 0 Å². The summed E-state index contributed by atoms with van der Waals surface area (Å²) in [4.78, 5) is 0. The first-order chi connectivity index (χ1) is 5.87. The van der Waals surface area contributed by atoms with Crippen LogP contribution in [0.5, 0.6) is 0 Å². The van der Waals surface area contributed by atoms with Crippen LogP contribution in [-0.4, -0.2) is 6.18 Å². The lowest BCUT2D eigenvalue weighted by molar-refractivity contribution is -0.127. The summed E-state index contributed by atoms with van der Waals surface area (Å²) >= 11 is 0. The lowest BCUT2D eigenvalue weighted by atomic mass is 10.1. The van der Waals surface area contributed by atoms with Gasteiger partial charge in [-0.1, -0.05) is 6.07 Å². The molecule has 0 bridgehead atoms. The smallest absolute Gasteiger partial charge is 0.207 e. The third-order valence-corrected chi connectivity index (χ3v) is 1.51. The Bertz CT molecular complexity index is 281. The largest absolute Gasteiger partial charge is 0.393 e. The molecule has 0 nitrogen and oxygen atoms in total.